The van der Waals surface area contributed by atoms with Crippen molar-refractivity contribution in [2.45, 2.75) is 65.0 Å². The molecule has 0 aliphatic carbocycles. The van der Waals surface area contributed by atoms with Crippen LogP contribution in [0.15, 0.2) is 29.6 Å². The Morgan fingerprint density at radius 2 is 1.67 bits per heavy atom. The van der Waals surface area contributed by atoms with Crippen molar-refractivity contribution in [3.05, 3.63) is 40.9 Å². The van der Waals surface area contributed by atoms with Crippen LogP contribution < -0.4 is 0 Å². The highest BCUT2D eigenvalue weighted by Crippen LogP contribution is 2.37. The third-order valence-corrected chi connectivity index (χ3v) is 10.2. The first-order valence-corrected chi connectivity index (χ1v) is 12.1. The lowest BCUT2D eigenvalue weighted by Gasteiger charge is -2.35. The van der Waals surface area contributed by atoms with Gasteiger partial charge in [-0.15, -0.1) is 11.3 Å². The van der Waals surface area contributed by atoms with Gasteiger partial charge in [-0.1, -0.05) is 45.0 Å². The van der Waals surface area contributed by atoms with Crippen molar-refractivity contribution in [1.82, 2.24) is 4.98 Å². The number of hydrogen-bond donors (Lipinski definition) is 1. The maximum absolute atomic E-state index is 10.0. The summed E-state index contributed by atoms with van der Waals surface area (Å²) in [6.07, 6.45) is 0. The van der Waals surface area contributed by atoms with E-state index < -0.39 is 13.9 Å². The third-order valence-electron chi connectivity index (χ3n) is 4.78. The molecule has 0 bridgehead atoms. The number of nitrogens with zero attached hydrogens (tertiary/aromatic N) is 1. The summed E-state index contributed by atoms with van der Waals surface area (Å²) in [4.78, 5) is 4.71. The molecule has 0 aliphatic heterocycles. The third kappa shape index (κ3) is 4.54. The highest BCUT2D eigenvalue weighted by atomic mass is 32.1. The fraction of sp³-hybridized carbons (Fsp3) is 0.526. The van der Waals surface area contributed by atoms with Gasteiger partial charge in [-0.25, -0.2) is 4.98 Å². The Hall–Kier alpha value is -1.01. The second-order valence-electron chi connectivity index (χ2n) is 8.33. The SMILES string of the molecule is CC(C)(O)c1ccc(-c2nc(CO[Si](C)(C)C(C)(C)C)cs2)cc1. The molecule has 1 aromatic heterocycles. The van der Waals surface area contributed by atoms with Crippen molar-refractivity contribution < 1.29 is 9.53 Å². The van der Waals surface area contributed by atoms with Crippen molar-refractivity contribution in [3.8, 4) is 10.6 Å². The number of hydrogen-bond acceptors (Lipinski definition) is 4. The standard InChI is InChI=1S/C19H29NO2SSi/c1-18(2,3)24(6,7)22-12-16-13-23-17(20-16)14-8-10-15(11-9-14)19(4,5)21/h8-11,13,21H,12H2,1-7H3. The largest absolute Gasteiger partial charge is 0.411 e. The second-order valence-corrected chi connectivity index (χ2v) is 14.0. The summed E-state index contributed by atoms with van der Waals surface area (Å²) in [5, 5.41) is 13.3. The van der Waals surface area contributed by atoms with Crippen LogP contribution in [0.4, 0.5) is 0 Å². The fourth-order valence-corrected chi connectivity index (χ4v) is 3.75. The summed E-state index contributed by atoms with van der Waals surface area (Å²) in [7, 11) is -1.75. The predicted octanol–water partition coefficient (Wildman–Crippen LogP) is 5.56. The maximum Gasteiger partial charge on any atom is 0.192 e. The molecule has 24 heavy (non-hydrogen) atoms. The Labute approximate surface area is 150 Å². The van der Waals surface area contributed by atoms with Crippen molar-refractivity contribution in [2.75, 3.05) is 0 Å². The quantitative estimate of drug-likeness (QED) is 0.707. The molecule has 0 spiro atoms. The summed E-state index contributed by atoms with van der Waals surface area (Å²) in [5.41, 5.74) is 2.16. The van der Waals surface area contributed by atoms with E-state index in [0.717, 1.165) is 21.8 Å². The summed E-state index contributed by atoms with van der Waals surface area (Å²) >= 11 is 1.64. The van der Waals surface area contributed by atoms with Gasteiger partial charge in [0.1, 0.15) is 5.01 Å². The van der Waals surface area contributed by atoms with E-state index in [1.807, 2.05) is 24.3 Å². The molecule has 0 saturated carbocycles. The van der Waals surface area contributed by atoms with Gasteiger partial charge in [0.2, 0.25) is 0 Å². The maximum atomic E-state index is 10.0. The van der Waals surface area contributed by atoms with Crippen LogP contribution in [0.5, 0.6) is 0 Å². The smallest absolute Gasteiger partial charge is 0.192 e. The molecule has 3 nitrogen and oxygen atoms in total. The fourth-order valence-electron chi connectivity index (χ4n) is 2.00. The molecule has 0 aliphatic rings. The zero-order chi connectivity index (χ0) is 18.2. The number of rotatable bonds is 5. The van der Waals surface area contributed by atoms with Crippen molar-refractivity contribution in [1.29, 1.82) is 0 Å². The van der Waals surface area contributed by atoms with E-state index in [0.29, 0.717) is 6.61 Å². The molecule has 132 valence electrons. The van der Waals surface area contributed by atoms with Crippen molar-refractivity contribution in [3.63, 3.8) is 0 Å². The average molecular weight is 364 g/mol. The first-order chi connectivity index (χ1) is 10.9. The first-order valence-electron chi connectivity index (χ1n) is 8.32. The van der Waals surface area contributed by atoms with Gasteiger partial charge in [-0.05, 0) is 37.5 Å². The topological polar surface area (TPSA) is 42.4 Å². The normalized spacial score (nSPS) is 13.3. The van der Waals surface area contributed by atoms with E-state index in [1.165, 1.54) is 0 Å². The zero-order valence-corrected chi connectivity index (χ0v) is 17.6. The summed E-state index contributed by atoms with van der Waals surface area (Å²) < 4.78 is 6.24. The van der Waals surface area contributed by atoms with Gasteiger partial charge in [-0.3, -0.25) is 0 Å². The van der Waals surface area contributed by atoms with Crippen LogP contribution in [0.25, 0.3) is 10.6 Å². The summed E-state index contributed by atoms with van der Waals surface area (Å²) in [6.45, 7) is 15.4. The first kappa shape index (κ1) is 19.3. The number of thiazole rings is 1. The molecule has 5 heteroatoms. The highest BCUT2D eigenvalue weighted by molar-refractivity contribution is 7.13. The Kier molecular flexibility index (Phi) is 5.40. The molecule has 2 aromatic rings. The lowest BCUT2D eigenvalue weighted by atomic mass is 9.97. The summed E-state index contributed by atoms with van der Waals surface area (Å²) in [5.74, 6) is 0. The van der Waals surface area contributed by atoms with Gasteiger partial charge >= 0.3 is 0 Å². The molecule has 0 fully saturated rings. The van der Waals surface area contributed by atoms with Crippen LogP contribution >= 0.6 is 11.3 Å². The highest BCUT2D eigenvalue weighted by Gasteiger charge is 2.37. The molecule has 0 radical (unpaired) electrons. The number of aromatic nitrogens is 1. The molecule has 0 unspecified atom stereocenters. The minimum atomic E-state index is -1.75. The molecule has 1 N–H and O–H groups in total. The Morgan fingerprint density at radius 1 is 1.08 bits per heavy atom. The molecule has 1 heterocycles. The van der Waals surface area contributed by atoms with E-state index >= 15 is 0 Å². The Bertz CT molecular complexity index is 679. The van der Waals surface area contributed by atoms with Gasteiger partial charge in [0, 0.05) is 10.9 Å². The molecule has 0 saturated heterocycles. The lowest BCUT2D eigenvalue weighted by molar-refractivity contribution is 0.0786. The summed E-state index contributed by atoms with van der Waals surface area (Å²) in [6, 6.07) is 7.96. The van der Waals surface area contributed by atoms with Gasteiger partial charge < -0.3 is 9.53 Å². The number of aliphatic hydroxyl groups is 1. The van der Waals surface area contributed by atoms with Gasteiger partial charge in [-0.2, -0.15) is 0 Å². The van der Waals surface area contributed by atoms with E-state index in [2.05, 4.69) is 39.2 Å². The van der Waals surface area contributed by atoms with Crippen LogP contribution in [0.1, 0.15) is 45.9 Å². The van der Waals surface area contributed by atoms with Crippen molar-refractivity contribution >= 4 is 19.7 Å². The molecule has 1 aromatic carbocycles. The molecular weight excluding hydrogens is 334 g/mol. The molecule has 0 atom stereocenters. The van der Waals surface area contributed by atoms with Crippen LogP contribution in [0, 0.1) is 0 Å². The monoisotopic (exact) mass is 363 g/mol. The van der Waals surface area contributed by atoms with Crippen LogP contribution in [-0.4, -0.2) is 18.4 Å². The predicted molar refractivity (Wildman–Crippen MR) is 105 cm³/mol. The van der Waals surface area contributed by atoms with Gasteiger partial charge in [0.15, 0.2) is 8.32 Å². The Morgan fingerprint density at radius 3 is 2.17 bits per heavy atom. The van der Waals surface area contributed by atoms with Gasteiger partial charge in [0.25, 0.3) is 0 Å². The van der Waals surface area contributed by atoms with Crippen LogP contribution in [0.3, 0.4) is 0 Å². The minimum Gasteiger partial charge on any atom is -0.411 e. The van der Waals surface area contributed by atoms with E-state index in [1.54, 1.807) is 25.2 Å². The average Bonchev–Trinajstić information content (AvgIpc) is 2.92. The van der Waals surface area contributed by atoms with E-state index in [9.17, 15) is 5.11 Å². The Balaban J connectivity index is 2.08. The van der Waals surface area contributed by atoms with E-state index in [4.69, 9.17) is 9.41 Å². The second kappa shape index (κ2) is 6.71. The zero-order valence-electron chi connectivity index (χ0n) is 15.8. The van der Waals surface area contributed by atoms with E-state index in [-0.39, 0.29) is 5.04 Å². The molecular formula is C19H29NO2SSi. The molecule has 0 amide bonds. The lowest BCUT2D eigenvalue weighted by Crippen LogP contribution is -2.40. The minimum absolute atomic E-state index is 0.207. The van der Waals surface area contributed by atoms with Crippen LogP contribution in [-0.2, 0) is 16.6 Å². The number of benzene rings is 1. The van der Waals surface area contributed by atoms with Gasteiger partial charge in [0.05, 0.1) is 17.9 Å². The van der Waals surface area contributed by atoms with Crippen LogP contribution in [0.2, 0.25) is 18.1 Å². The molecule has 2 rings (SSSR count). The van der Waals surface area contributed by atoms with Crippen molar-refractivity contribution in [2.24, 2.45) is 0 Å².